The number of pyridine rings is 1. The van der Waals surface area contributed by atoms with Crippen LogP contribution in [-0.4, -0.2) is 56.1 Å². The summed E-state index contributed by atoms with van der Waals surface area (Å²) in [6.07, 6.45) is 4.62. The predicted octanol–water partition coefficient (Wildman–Crippen LogP) is 4.06. The third kappa shape index (κ3) is 6.31. The van der Waals surface area contributed by atoms with Crippen molar-refractivity contribution in [2.75, 3.05) is 40.3 Å². The van der Waals surface area contributed by atoms with Gasteiger partial charge in [0.15, 0.2) is 28.8 Å². The van der Waals surface area contributed by atoms with Gasteiger partial charge < -0.3 is 30.1 Å². The van der Waals surface area contributed by atoms with E-state index >= 15 is 0 Å². The zero-order chi connectivity index (χ0) is 28.5. The van der Waals surface area contributed by atoms with E-state index in [2.05, 4.69) is 35.0 Å². The van der Waals surface area contributed by atoms with Crippen LogP contribution in [0.4, 0.5) is 39.2 Å². The molecule has 212 valence electrons. The number of halogens is 1. The van der Waals surface area contributed by atoms with E-state index < -0.39 is 31.9 Å². The van der Waals surface area contributed by atoms with Crippen LogP contribution in [0.5, 0.6) is 5.75 Å². The molecule has 4 N–H and O–H groups in total. The molecule has 0 atom stereocenters. The third-order valence-electron chi connectivity index (χ3n) is 6.41. The minimum Gasteiger partial charge on any atom is -0.474 e. The normalized spacial score (nSPS) is 16.8. The molecule has 2 aromatic heterocycles. The minimum absolute atomic E-state index is 0.0654. The average molecular weight is 574 g/mol. The maximum absolute atomic E-state index is 14.6. The number of nitrogens with one attached hydrogen (secondary N) is 2. The number of hydrogen-bond donors (Lipinski definition) is 4. The summed E-state index contributed by atoms with van der Waals surface area (Å²) in [7, 11) is -4.88. The zero-order valence-electron chi connectivity index (χ0n) is 21.9. The molecule has 5 rings (SSSR count). The van der Waals surface area contributed by atoms with Crippen molar-refractivity contribution in [1.29, 1.82) is 0 Å². The Hall–Kier alpha value is -3.84. The summed E-state index contributed by atoms with van der Waals surface area (Å²) in [5, 5.41) is 5.82. The molecule has 2 aliphatic rings. The molecule has 0 unspecified atom stereocenters. The number of ether oxygens (including phenoxy) is 1. The van der Waals surface area contributed by atoms with Crippen molar-refractivity contribution in [3.05, 3.63) is 48.4 Å². The molecule has 1 saturated heterocycles. The second-order valence-corrected chi connectivity index (χ2v) is 11.1. The van der Waals surface area contributed by atoms with E-state index in [1.807, 2.05) is 24.3 Å². The molecule has 4 heterocycles. The number of rotatable bonds is 8. The Labute approximate surface area is 229 Å². The van der Waals surface area contributed by atoms with Crippen molar-refractivity contribution >= 4 is 48.5 Å². The number of carbonyl (C=O) groups excluding carboxylic acids is 1. The second kappa shape index (κ2) is 11.0. The molecular weight excluding hydrogens is 544 g/mol. The first-order valence-corrected chi connectivity index (χ1v) is 14.2. The number of phosphoric acid groups is 1. The molecule has 0 aliphatic carbocycles. The maximum Gasteiger partial charge on any atom is 0.471 e. The predicted molar refractivity (Wildman–Crippen MR) is 145 cm³/mol. The third-order valence-corrected chi connectivity index (χ3v) is 6.86. The van der Waals surface area contributed by atoms with Crippen LogP contribution < -0.4 is 25.2 Å². The Morgan fingerprint density at radius 3 is 2.50 bits per heavy atom. The summed E-state index contributed by atoms with van der Waals surface area (Å²) in [5.41, 5.74) is 0.522. The summed E-state index contributed by atoms with van der Waals surface area (Å²) in [5.74, 6) is -1.23. The summed E-state index contributed by atoms with van der Waals surface area (Å²) in [6.45, 7) is 4.30. The van der Waals surface area contributed by atoms with E-state index in [0.717, 1.165) is 35.6 Å². The Kier molecular flexibility index (Phi) is 7.60. The van der Waals surface area contributed by atoms with Gasteiger partial charge in [-0.1, -0.05) is 0 Å². The lowest BCUT2D eigenvalue weighted by Crippen LogP contribution is -2.53. The molecule has 0 radical (unpaired) electrons. The molecule has 3 aromatic rings. The molecule has 0 spiro atoms. The summed E-state index contributed by atoms with van der Waals surface area (Å²) in [4.78, 5) is 46.9. The van der Waals surface area contributed by atoms with E-state index in [4.69, 9.17) is 14.5 Å². The van der Waals surface area contributed by atoms with Crippen LogP contribution in [0.3, 0.4) is 0 Å². The number of aromatic nitrogens is 3. The topological polar surface area (TPSA) is 162 Å². The van der Waals surface area contributed by atoms with Crippen molar-refractivity contribution in [1.82, 2.24) is 15.0 Å². The lowest BCUT2D eigenvalue weighted by Gasteiger charge is -2.37. The van der Waals surface area contributed by atoms with Gasteiger partial charge in [-0.3, -0.25) is 14.2 Å². The van der Waals surface area contributed by atoms with E-state index in [1.54, 1.807) is 0 Å². The molecule has 1 amide bonds. The van der Waals surface area contributed by atoms with Crippen LogP contribution in [0.2, 0.25) is 0 Å². The fourth-order valence-corrected chi connectivity index (χ4v) is 4.71. The zero-order valence-corrected chi connectivity index (χ0v) is 22.8. The van der Waals surface area contributed by atoms with Gasteiger partial charge in [-0.25, -0.2) is 18.9 Å². The fraction of sp³-hybridized carbons (Fsp3) is 0.360. The van der Waals surface area contributed by atoms with Crippen molar-refractivity contribution in [2.24, 2.45) is 0 Å². The van der Waals surface area contributed by atoms with Gasteiger partial charge in [0, 0.05) is 24.5 Å². The number of anilines is 6. The number of piperidine rings is 1. The van der Waals surface area contributed by atoms with Gasteiger partial charge in [-0.15, -0.1) is 0 Å². The van der Waals surface area contributed by atoms with Crippen LogP contribution in [0.1, 0.15) is 33.1 Å². The SMILES string of the molecule is CC1(C)Oc2ccc(Nc3nc(Nc4ccc(N5CCCCC5)cc4)ncc3F)nc2N(COP(=O)(O)O)C1=O. The van der Waals surface area contributed by atoms with Crippen molar-refractivity contribution in [3.8, 4) is 5.75 Å². The summed E-state index contributed by atoms with van der Waals surface area (Å²) >= 11 is 0. The van der Waals surface area contributed by atoms with Crippen molar-refractivity contribution in [3.63, 3.8) is 0 Å². The largest absolute Gasteiger partial charge is 0.474 e. The van der Waals surface area contributed by atoms with E-state index in [0.29, 0.717) is 0 Å². The van der Waals surface area contributed by atoms with Crippen LogP contribution in [0.15, 0.2) is 42.6 Å². The molecule has 40 heavy (non-hydrogen) atoms. The molecule has 0 bridgehead atoms. The maximum atomic E-state index is 14.6. The highest BCUT2D eigenvalue weighted by molar-refractivity contribution is 7.46. The molecule has 15 heteroatoms. The van der Waals surface area contributed by atoms with E-state index in [-0.39, 0.29) is 29.2 Å². The highest BCUT2D eigenvalue weighted by atomic mass is 31.2. The number of fused-ring (bicyclic) bond motifs is 1. The second-order valence-electron chi connectivity index (χ2n) is 9.85. The quantitative estimate of drug-likeness (QED) is 0.286. The van der Waals surface area contributed by atoms with Gasteiger partial charge in [0.2, 0.25) is 5.95 Å². The number of amides is 1. The summed E-state index contributed by atoms with van der Waals surface area (Å²) in [6, 6.07) is 10.8. The molecular formula is C25H29FN7O6P. The van der Waals surface area contributed by atoms with E-state index in [1.165, 1.54) is 45.2 Å². The highest BCUT2D eigenvalue weighted by Crippen LogP contribution is 2.41. The Bertz CT molecular complexity index is 1450. The molecule has 0 saturated carbocycles. The van der Waals surface area contributed by atoms with Crippen molar-refractivity contribution < 1.29 is 32.8 Å². The number of hydrogen-bond acceptors (Lipinski definition) is 10. The summed E-state index contributed by atoms with van der Waals surface area (Å²) < 4.78 is 36.2. The molecule has 1 aromatic carbocycles. The molecule has 13 nitrogen and oxygen atoms in total. The first kappa shape index (κ1) is 27.7. The number of phosphoric ester groups is 1. The van der Waals surface area contributed by atoms with E-state index in [9.17, 15) is 13.8 Å². The van der Waals surface area contributed by atoms with Crippen LogP contribution in [0.25, 0.3) is 0 Å². The van der Waals surface area contributed by atoms with Crippen LogP contribution in [-0.2, 0) is 13.9 Å². The Morgan fingerprint density at radius 2 is 1.80 bits per heavy atom. The number of nitrogens with zero attached hydrogens (tertiary/aromatic N) is 5. The lowest BCUT2D eigenvalue weighted by atomic mass is 10.1. The fourth-order valence-electron chi connectivity index (χ4n) is 4.44. The Morgan fingerprint density at radius 1 is 1.07 bits per heavy atom. The van der Waals surface area contributed by atoms with Gasteiger partial charge in [0.1, 0.15) is 12.5 Å². The lowest BCUT2D eigenvalue weighted by molar-refractivity contribution is -0.133. The van der Waals surface area contributed by atoms with Gasteiger partial charge in [0.25, 0.3) is 5.91 Å². The number of benzene rings is 1. The van der Waals surface area contributed by atoms with Crippen LogP contribution in [0, 0.1) is 5.82 Å². The van der Waals surface area contributed by atoms with Crippen LogP contribution >= 0.6 is 7.82 Å². The Balaban J connectivity index is 1.34. The first-order valence-electron chi connectivity index (χ1n) is 12.6. The number of carbonyl (C=O) groups is 1. The van der Waals surface area contributed by atoms with Crippen molar-refractivity contribution in [2.45, 2.75) is 38.7 Å². The standard InChI is InChI=1S/C25H29FN7O6P/c1-25(2)23(34)33(15-38-40(35,36)37)22-19(39-25)10-11-20(30-22)29-21-18(26)14-27-24(31-21)28-16-6-8-17(9-7-16)32-12-4-3-5-13-32/h6-11,14H,3-5,12-13,15H2,1-2H3,(H2,35,36,37)(H2,27,28,29,30,31). The monoisotopic (exact) mass is 573 g/mol. The average Bonchev–Trinajstić information content (AvgIpc) is 2.91. The first-order chi connectivity index (χ1) is 19.0. The van der Waals surface area contributed by atoms with Gasteiger partial charge in [-0.2, -0.15) is 4.98 Å². The smallest absolute Gasteiger partial charge is 0.471 e. The molecule has 2 aliphatic heterocycles. The van der Waals surface area contributed by atoms with Gasteiger partial charge >= 0.3 is 7.82 Å². The minimum atomic E-state index is -4.88. The highest BCUT2D eigenvalue weighted by Gasteiger charge is 2.42. The molecule has 1 fully saturated rings. The van der Waals surface area contributed by atoms with Gasteiger partial charge in [-0.05, 0) is 69.5 Å². The van der Waals surface area contributed by atoms with Gasteiger partial charge in [0.05, 0.1) is 6.20 Å².